The van der Waals surface area contributed by atoms with Crippen LogP contribution in [0.3, 0.4) is 0 Å². The molecule has 4 aliphatic rings. The summed E-state index contributed by atoms with van der Waals surface area (Å²) in [7, 11) is 0. The Kier molecular flexibility index (Phi) is 7.49. The number of furan rings is 1. The molecule has 1 aliphatic carbocycles. The zero-order valence-corrected chi connectivity index (χ0v) is 20.7. The van der Waals surface area contributed by atoms with E-state index in [0.29, 0.717) is 29.0 Å². The number of nitrogens with zero attached hydrogens (tertiary/aromatic N) is 2. The number of ether oxygens (including phenoxy) is 1. The second-order valence-corrected chi connectivity index (χ2v) is 9.96. The van der Waals surface area contributed by atoms with Gasteiger partial charge in [0.1, 0.15) is 12.8 Å². The van der Waals surface area contributed by atoms with Gasteiger partial charge in [-0.05, 0) is 18.9 Å². The molecule has 2 aromatic heterocycles. The summed E-state index contributed by atoms with van der Waals surface area (Å²) in [6.07, 6.45) is 10.5. The van der Waals surface area contributed by atoms with E-state index in [1.165, 1.54) is 18.8 Å². The fraction of sp³-hybridized carbons (Fsp3) is 0.625. The Bertz CT molecular complexity index is 952. The molecule has 3 saturated heterocycles. The van der Waals surface area contributed by atoms with Crippen molar-refractivity contribution in [2.45, 2.75) is 56.7 Å². The van der Waals surface area contributed by atoms with Gasteiger partial charge >= 0.3 is 5.97 Å². The fourth-order valence-electron chi connectivity index (χ4n) is 6.09. The standard InChI is InChI=1S/C24H31N3O6.BrH/c28-22(25-21-9-13-32-26-21)15-27-10-6-17(7-11-27)20(14-27)33-23(29)24(30,19-8-12-31-16-19)18-4-2-1-3-5-18;/h8-9,12-13,16-18,20,30H,1-7,10-11,14-15H2;1H/t17?,20-,24?,27?;/m0./s1. The summed E-state index contributed by atoms with van der Waals surface area (Å²) in [5.41, 5.74) is -1.23. The number of piperidine rings is 3. The minimum absolute atomic E-state index is 0. The number of aromatic nitrogens is 1. The maximum absolute atomic E-state index is 13.5. The molecule has 10 heteroatoms. The van der Waals surface area contributed by atoms with E-state index >= 15 is 0 Å². The second-order valence-electron chi connectivity index (χ2n) is 9.96. The van der Waals surface area contributed by atoms with Gasteiger partial charge in [0.15, 0.2) is 24.1 Å². The van der Waals surface area contributed by atoms with E-state index in [1.54, 1.807) is 12.1 Å². The highest BCUT2D eigenvalue weighted by molar-refractivity contribution is 5.90. The number of carbonyl (C=O) groups excluding carboxylic acids is 2. The molecule has 4 fully saturated rings. The lowest BCUT2D eigenvalue weighted by Crippen LogP contribution is -3.00. The Balaban J connectivity index is 0.00000274. The van der Waals surface area contributed by atoms with Crippen molar-refractivity contribution in [3.8, 4) is 0 Å². The van der Waals surface area contributed by atoms with Crippen molar-refractivity contribution >= 4 is 17.7 Å². The molecule has 0 radical (unpaired) electrons. The molecule has 2 atom stereocenters. The Morgan fingerprint density at radius 3 is 2.56 bits per heavy atom. The van der Waals surface area contributed by atoms with E-state index < -0.39 is 11.6 Å². The Morgan fingerprint density at radius 2 is 1.91 bits per heavy atom. The molecule has 0 aromatic carbocycles. The molecule has 6 rings (SSSR count). The first kappa shape index (κ1) is 24.9. The summed E-state index contributed by atoms with van der Waals surface area (Å²) >= 11 is 0. The molecule has 0 spiro atoms. The molecule has 3 aliphatic heterocycles. The minimum Gasteiger partial charge on any atom is -1.00 e. The third-order valence-corrected chi connectivity index (χ3v) is 7.95. The number of aliphatic hydroxyl groups is 1. The number of fused-ring (bicyclic) bond motifs is 3. The van der Waals surface area contributed by atoms with Crippen LogP contribution in [0.2, 0.25) is 0 Å². The van der Waals surface area contributed by atoms with Gasteiger partial charge in [0.25, 0.3) is 5.91 Å². The van der Waals surface area contributed by atoms with Crippen molar-refractivity contribution in [3.63, 3.8) is 0 Å². The predicted octanol–water partition coefficient (Wildman–Crippen LogP) is -0.170. The van der Waals surface area contributed by atoms with Gasteiger partial charge in [0.05, 0.1) is 25.6 Å². The molecular formula is C24H32BrN3O6. The quantitative estimate of drug-likeness (QED) is 0.372. The maximum atomic E-state index is 13.5. The highest BCUT2D eigenvalue weighted by Crippen LogP contribution is 2.42. The molecule has 1 unspecified atom stereocenters. The van der Waals surface area contributed by atoms with E-state index in [-0.39, 0.29) is 40.8 Å². The van der Waals surface area contributed by atoms with Crippen LogP contribution in [0.4, 0.5) is 5.82 Å². The van der Waals surface area contributed by atoms with Crippen molar-refractivity contribution in [3.05, 3.63) is 36.5 Å². The molecule has 9 nitrogen and oxygen atoms in total. The number of halogens is 1. The summed E-state index contributed by atoms with van der Waals surface area (Å²) in [5.74, 6) is -0.252. The van der Waals surface area contributed by atoms with E-state index in [9.17, 15) is 14.7 Å². The largest absolute Gasteiger partial charge is 1.00 e. The number of hydrogen-bond acceptors (Lipinski definition) is 7. The predicted molar refractivity (Wildman–Crippen MR) is 117 cm³/mol. The van der Waals surface area contributed by atoms with E-state index in [0.717, 1.165) is 58.0 Å². The molecule has 2 bridgehead atoms. The summed E-state index contributed by atoms with van der Waals surface area (Å²) in [6.45, 7) is 2.62. The Hall–Kier alpha value is -2.17. The second kappa shape index (κ2) is 10.2. The zero-order chi connectivity index (χ0) is 22.9. The molecule has 2 aromatic rings. The number of carbonyl (C=O) groups is 2. The van der Waals surface area contributed by atoms with E-state index in [2.05, 4.69) is 10.5 Å². The normalized spacial score (nSPS) is 28.5. The van der Waals surface area contributed by atoms with Crippen LogP contribution in [0.1, 0.15) is 50.5 Å². The monoisotopic (exact) mass is 537 g/mol. The number of anilines is 1. The van der Waals surface area contributed by atoms with Gasteiger partial charge in [0.2, 0.25) is 0 Å². The van der Waals surface area contributed by atoms with Crippen LogP contribution >= 0.6 is 0 Å². The van der Waals surface area contributed by atoms with Gasteiger partial charge in [-0.3, -0.25) is 4.79 Å². The molecule has 1 amide bonds. The van der Waals surface area contributed by atoms with Crippen LogP contribution in [0.5, 0.6) is 0 Å². The van der Waals surface area contributed by atoms with Crippen LogP contribution in [-0.2, 0) is 19.9 Å². The summed E-state index contributed by atoms with van der Waals surface area (Å²) in [5, 5.41) is 18.2. The first-order valence-corrected chi connectivity index (χ1v) is 12.0. The van der Waals surface area contributed by atoms with Crippen molar-refractivity contribution in [1.29, 1.82) is 0 Å². The van der Waals surface area contributed by atoms with Crippen LogP contribution in [-0.4, -0.2) is 58.9 Å². The SMILES string of the molecule is O=C(C[N+]12CCC(CC1)[C@@H](OC(=O)C(O)(c1ccoc1)C1CCCCC1)C2)Nc1ccon1.[Br-]. The molecular weight excluding hydrogens is 506 g/mol. The smallest absolute Gasteiger partial charge is 0.343 e. The summed E-state index contributed by atoms with van der Waals surface area (Å²) < 4.78 is 16.6. The molecule has 186 valence electrons. The fourth-order valence-corrected chi connectivity index (χ4v) is 6.09. The number of hydrogen-bond donors (Lipinski definition) is 2. The van der Waals surface area contributed by atoms with Gasteiger partial charge in [-0.1, -0.05) is 24.4 Å². The average molecular weight is 538 g/mol. The van der Waals surface area contributed by atoms with Crippen molar-refractivity contribution < 1.29 is 49.8 Å². The number of rotatable bonds is 7. The average Bonchev–Trinajstić information content (AvgIpc) is 3.54. The van der Waals surface area contributed by atoms with E-state index in [1.807, 2.05) is 0 Å². The number of esters is 1. The van der Waals surface area contributed by atoms with Gasteiger partial charge < -0.3 is 45.6 Å². The third kappa shape index (κ3) is 4.81. The van der Waals surface area contributed by atoms with Gasteiger partial charge in [-0.25, -0.2) is 4.79 Å². The third-order valence-electron chi connectivity index (χ3n) is 7.95. The lowest BCUT2D eigenvalue weighted by molar-refractivity contribution is -0.939. The highest BCUT2D eigenvalue weighted by atomic mass is 79.9. The number of amides is 1. The first-order chi connectivity index (χ1) is 16.0. The van der Waals surface area contributed by atoms with Crippen molar-refractivity contribution in [1.82, 2.24) is 5.16 Å². The first-order valence-electron chi connectivity index (χ1n) is 12.0. The molecule has 34 heavy (non-hydrogen) atoms. The van der Waals surface area contributed by atoms with Gasteiger partial charge in [0, 0.05) is 36.3 Å². The van der Waals surface area contributed by atoms with E-state index in [4.69, 9.17) is 13.7 Å². The molecule has 5 heterocycles. The van der Waals surface area contributed by atoms with Crippen LogP contribution < -0.4 is 22.3 Å². The topological polar surface area (TPSA) is 115 Å². The molecule has 2 N–H and O–H groups in total. The lowest BCUT2D eigenvalue weighted by Gasteiger charge is -2.52. The number of nitrogens with one attached hydrogen (secondary N) is 1. The van der Waals surface area contributed by atoms with Crippen molar-refractivity contribution in [2.75, 3.05) is 31.5 Å². The molecule has 1 saturated carbocycles. The Labute approximate surface area is 209 Å². The van der Waals surface area contributed by atoms with Crippen LogP contribution in [0.25, 0.3) is 0 Å². The highest BCUT2D eigenvalue weighted by Gasteiger charge is 2.53. The Morgan fingerprint density at radius 1 is 1.15 bits per heavy atom. The lowest BCUT2D eigenvalue weighted by atomic mass is 9.74. The van der Waals surface area contributed by atoms with Crippen LogP contribution in [0, 0.1) is 11.8 Å². The summed E-state index contributed by atoms with van der Waals surface area (Å²) in [6, 6.07) is 3.27. The van der Waals surface area contributed by atoms with Crippen molar-refractivity contribution in [2.24, 2.45) is 11.8 Å². The van der Waals surface area contributed by atoms with Gasteiger partial charge in [-0.15, -0.1) is 0 Å². The maximum Gasteiger partial charge on any atom is 0.343 e. The minimum atomic E-state index is -1.70. The zero-order valence-electron chi connectivity index (χ0n) is 19.2. The number of quaternary nitrogens is 1. The summed E-state index contributed by atoms with van der Waals surface area (Å²) in [4.78, 5) is 26.2. The van der Waals surface area contributed by atoms with Crippen LogP contribution in [0.15, 0.2) is 39.9 Å². The van der Waals surface area contributed by atoms with Gasteiger partial charge in [-0.2, -0.15) is 0 Å².